The van der Waals surface area contributed by atoms with E-state index in [0.29, 0.717) is 11.1 Å². The molecule has 28 heavy (non-hydrogen) atoms. The molecule has 0 radical (unpaired) electrons. The Morgan fingerprint density at radius 3 is 2.68 bits per heavy atom. The van der Waals surface area contributed by atoms with Crippen molar-refractivity contribution in [1.82, 2.24) is 0 Å². The second kappa shape index (κ2) is 8.56. The van der Waals surface area contributed by atoms with E-state index in [4.69, 9.17) is 14.2 Å². The van der Waals surface area contributed by atoms with Crippen LogP contribution in [0.4, 0.5) is 0 Å². The van der Waals surface area contributed by atoms with Gasteiger partial charge in [-0.25, -0.2) is 14.4 Å². The van der Waals surface area contributed by atoms with Crippen molar-refractivity contribution in [2.75, 3.05) is 7.11 Å². The summed E-state index contributed by atoms with van der Waals surface area (Å²) in [5, 5.41) is 10.6. The van der Waals surface area contributed by atoms with Crippen LogP contribution in [0.1, 0.15) is 33.6 Å². The fraction of sp³-hybridized carbons (Fsp3) is 0.476. The average molecular weight is 390 g/mol. The normalized spacial score (nSPS) is 31.3. The third kappa shape index (κ3) is 4.98. The molecule has 0 fully saturated rings. The molecule has 2 bridgehead atoms. The van der Waals surface area contributed by atoms with Gasteiger partial charge in [0.15, 0.2) is 0 Å². The van der Waals surface area contributed by atoms with Crippen molar-refractivity contribution in [3.8, 4) is 0 Å². The molecule has 0 aromatic heterocycles. The molecule has 0 aromatic rings. The van der Waals surface area contributed by atoms with Crippen molar-refractivity contribution >= 4 is 17.9 Å². The van der Waals surface area contributed by atoms with Crippen LogP contribution < -0.4 is 0 Å². The number of allylic oxidation sites excluding steroid dienone is 1. The van der Waals surface area contributed by atoms with Crippen molar-refractivity contribution in [1.29, 1.82) is 0 Å². The van der Waals surface area contributed by atoms with Crippen molar-refractivity contribution in [3.05, 3.63) is 47.6 Å². The summed E-state index contributed by atoms with van der Waals surface area (Å²) in [6, 6.07) is 0. The summed E-state index contributed by atoms with van der Waals surface area (Å²) in [7, 11) is 1.22. The van der Waals surface area contributed by atoms with Crippen molar-refractivity contribution in [2.45, 2.75) is 51.4 Å². The predicted octanol–water partition coefficient (Wildman–Crippen LogP) is 2.16. The van der Waals surface area contributed by atoms with E-state index in [1.165, 1.54) is 13.2 Å². The van der Waals surface area contributed by atoms with Gasteiger partial charge in [0.25, 0.3) is 0 Å². The van der Waals surface area contributed by atoms with E-state index < -0.39 is 41.6 Å². The summed E-state index contributed by atoms with van der Waals surface area (Å²) in [6.07, 6.45) is 5.03. The van der Waals surface area contributed by atoms with Gasteiger partial charge in [-0.2, -0.15) is 0 Å². The second-order valence-electron chi connectivity index (χ2n) is 7.22. The minimum absolute atomic E-state index is 0.0469. The first-order valence-corrected chi connectivity index (χ1v) is 9.02. The molecule has 1 aliphatic heterocycles. The summed E-state index contributed by atoms with van der Waals surface area (Å²) in [6.45, 7) is 8.65. The Balaban J connectivity index is 2.48. The summed E-state index contributed by atoms with van der Waals surface area (Å²) in [5.74, 6) is -2.57. The predicted molar refractivity (Wildman–Crippen MR) is 101 cm³/mol. The molecule has 0 aromatic carbocycles. The van der Waals surface area contributed by atoms with E-state index in [1.54, 1.807) is 39.0 Å². The molecule has 4 atom stereocenters. The van der Waals surface area contributed by atoms with Gasteiger partial charge >= 0.3 is 17.9 Å². The van der Waals surface area contributed by atoms with E-state index in [0.717, 1.165) is 0 Å². The zero-order valence-electron chi connectivity index (χ0n) is 16.6. The van der Waals surface area contributed by atoms with Gasteiger partial charge in [-0.05, 0) is 26.8 Å². The molecular weight excluding hydrogens is 364 g/mol. The molecule has 0 saturated heterocycles. The average Bonchev–Trinajstić information content (AvgIpc) is 2.96. The Morgan fingerprint density at radius 2 is 2.07 bits per heavy atom. The van der Waals surface area contributed by atoms with Gasteiger partial charge in [0, 0.05) is 35.5 Å². The molecule has 1 aliphatic carbocycles. The van der Waals surface area contributed by atoms with Crippen LogP contribution >= 0.6 is 0 Å². The maximum absolute atomic E-state index is 12.4. The van der Waals surface area contributed by atoms with Crippen LogP contribution in [0.3, 0.4) is 0 Å². The fourth-order valence-corrected chi connectivity index (χ4v) is 3.12. The van der Waals surface area contributed by atoms with E-state index in [2.05, 4.69) is 6.58 Å². The van der Waals surface area contributed by atoms with Crippen LogP contribution in [-0.2, 0) is 28.6 Å². The number of carbonyl (C=O) groups excluding carboxylic acids is 3. The summed E-state index contributed by atoms with van der Waals surface area (Å²) >= 11 is 0. The molecule has 0 saturated carbocycles. The summed E-state index contributed by atoms with van der Waals surface area (Å²) in [4.78, 5) is 36.7. The monoisotopic (exact) mass is 390 g/mol. The maximum atomic E-state index is 12.4. The lowest BCUT2D eigenvalue weighted by Crippen LogP contribution is -2.32. The number of ether oxygens (including phenoxy) is 3. The number of carbonyl (C=O) groups is 3. The third-order valence-electron chi connectivity index (χ3n) is 4.87. The van der Waals surface area contributed by atoms with E-state index in [1.807, 2.05) is 0 Å². The number of fused-ring (bicyclic) bond motifs is 1. The van der Waals surface area contributed by atoms with E-state index in [-0.39, 0.29) is 18.4 Å². The summed E-state index contributed by atoms with van der Waals surface area (Å²) in [5.41, 5.74) is -0.544. The molecule has 152 valence electrons. The lowest BCUT2D eigenvalue weighted by atomic mass is 9.85. The molecule has 0 amide bonds. The van der Waals surface area contributed by atoms with Crippen LogP contribution in [0.25, 0.3) is 0 Å². The van der Waals surface area contributed by atoms with Crippen LogP contribution in [0, 0.1) is 5.92 Å². The van der Waals surface area contributed by atoms with E-state index in [9.17, 15) is 19.5 Å². The largest absolute Gasteiger partial charge is 0.466 e. The first-order valence-electron chi connectivity index (χ1n) is 9.02. The zero-order valence-corrected chi connectivity index (χ0v) is 16.6. The molecular formula is C21H26O7. The first kappa shape index (κ1) is 21.6. The van der Waals surface area contributed by atoms with E-state index >= 15 is 0 Å². The maximum Gasteiger partial charge on any atom is 0.334 e. The lowest BCUT2D eigenvalue weighted by Gasteiger charge is -2.28. The van der Waals surface area contributed by atoms with Gasteiger partial charge in [0.1, 0.15) is 12.2 Å². The van der Waals surface area contributed by atoms with Gasteiger partial charge in [0.05, 0.1) is 12.7 Å². The Labute approximate surface area is 164 Å². The molecule has 2 aliphatic rings. The van der Waals surface area contributed by atoms with Crippen LogP contribution in [0.15, 0.2) is 47.6 Å². The molecule has 1 N–H and O–H groups in total. The van der Waals surface area contributed by atoms with Gasteiger partial charge in [-0.1, -0.05) is 24.8 Å². The minimum atomic E-state index is -1.31. The van der Waals surface area contributed by atoms with Crippen LogP contribution in [0.5, 0.6) is 0 Å². The highest BCUT2D eigenvalue weighted by molar-refractivity contribution is 5.92. The van der Waals surface area contributed by atoms with Crippen molar-refractivity contribution in [3.63, 3.8) is 0 Å². The van der Waals surface area contributed by atoms with Crippen LogP contribution in [-0.4, -0.2) is 47.9 Å². The Bertz CT molecular complexity index is 770. The Kier molecular flexibility index (Phi) is 6.61. The number of esters is 3. The SMILES string of the molecule is C=C(C(=O)OC)[C@H]1/C=C/[C@](C)(O)C[C@@H]2C=C(C[C@@H]1OC(=O)/C(C)=C\C)C(=O)O2. The minimum Gasteiger partial charge on any atom is -0.466 e. The smallest absolute Gasteiger partial charge is 0.334 e. The van der Waals surface area contributed by atoms with Crippen LogP contribution in [0.2, 0.25) is 0 Å². The molecule has 2 rings (SSSR count). The summed E-state index contributed by atoms with van der Waals surface area (Å²) < 4.78 is 15.7. The lowest BCUT2D eigenvalue weighted by molar-refractivity contribution is -0.148. The molecule has 7 nitrogen and oxygen atoms in total. The molecule has 0 unspecified atom stereocenters. The highest BCUT2D eigenvalue weighted by atomic mass is 16.6. The van der Waals surface area contributed by atoms with Gasteiger partial charge in [-0.15, -0.1) is 0 Å². The first-order chi connectivity index (χ1) is 13.1. The molecule has 0 spiro atoms. The number of aliphatic hydroxyl groups is 1. The third-order valence-corrected chi connectivity index (χ3v) is 4.87. The van der Waals surface area contributed by atoms with Crippen molar-refractivity contribution < 1.29 is 33.7 Å². The van der Waals surface area contributed by atoms with Gasteiger partial charge in [0.2, 0.25) is 0 Å². The number of hydrogen-bond donors (Lipinski definition) is 1. The number of methoxy groups -OCH3 is 1. The molecule has 7 heteroatoms. The molecule has 1 heterocycles. The second-order valence-corrected chi connectivity index (χ2v) is 7.22. The highest BCUT2D eigenvalue weighted by Crippen LogP contribution is 2.33. The standard InChI is InChI=1S/C21H26O7/c1-6-12(2)18(22)28-17-10-14-9-15(27-20(14)24)11-21(4,25)8-7-16(17)13(3)19(23)26-5/h6-9,15-17,25H,3,10-11H2,1-2,4-5H3/b8-7+,12-6-/t15-,16+,17-,21-/m0/s1. The topological polar surface area (TPSA) is 99.1 Å². The van der Waals surface area contributed by atoms with Gasteiger partial charge < -0.3 is 19.3 Å². The quantitative estimate of drug-likeness (QED) is 0.340. The Hall–Kier alpha value is -2.67. The highest BCUT2D eigenvalue weighted by Gasteiger charge is 2.38. The van der Waals surface area contributed by atoms with Gasteiger partial charge in [-0.3, -0.25) is 0 Å². The fourth-order valence-electron chi connectivity index (χ4n) is 3.12. The van der Waals surface area contributed by atoms with Crippen molar-refractivity contribution in [2.24, 2.45) is 5.92 Å². The number of hydrogen-bond acceptors (Lipinski definition) is 7. The zero-order chi connectivity index (χ0) is 21.1. The Morgan fingerprint density at radius 1 is 1.39 bits per heavy atom. The number of rotatable bonds is 4.